The van der Waals surface area contributed by atoms with Crippen LogP contribution in [0.3, 0.4) is 0 Å². The van der Waals surface area contributed by atoms with Crippen molar-refractivity contribution in [3.8, 4) is 0 Å². The SMILES string of the molecule is CCCN(CCC)C(=O)CN1CC(=O)NCC1C(=O)O. The van der Waals surface area contributed by atoms with Crippen LogP contribution in [0.25, 0.3) is 0 Å². The van der Waals surface area contributed by atoms with Crippen LogP contribution < -0.4 is 5.32 Å². The van der Waals surface area contributed by atoms with Crippen molar-refractivity contribution in [2.45, 2.75) is 32.7 Å². The molecule has 1 fully saturated rings. The number of carboxylic acid groups (broad SMARTS) is 1. The number of piperazine rings is 1. The fraction of sp³-hybridized carbons (Fsp3) is 0.769. The molecule has 0 aromatic carbocycles. The minimum Gasteiger partial charge on any atom is -0.480 e. The molecular weight excluding hydrogens is 262 g/mol. The normalized spacial score (nSPS) is 19.5. The highest BCUT2D eigenvalue weighted by Crippen LogP contribution is 2.06. The van der Waals surface area contributed by atoms with Crippen LogP contribution in [0.2, 0.25) is 0 Å². The molecule has 1 saturated heterocycles. The van der Waals surface area contributed by atoms with Gasteiger partial charge >= 0.3 is 5.97 Å². The van der Waals surface area contributed by atoms with E-state index in [4.69, 9.17) is 5.11 Å². The molecule has 1 aliphatic rings. The summed E-state index contributed by atoms with van der Waals surface area (Å²) in [6, 6.07) is -0.832. The minimum absolute atomic E-state index is 0.0234. The molecule has 0 aliphatic carbocycles. The van der Waals surface area contributed by atoms with Crippen molar-refractivity contribution in [1.82, 2.24) is 15.1 Å². The van der Waals surface area contributed by atoms with Crippen LogP contribution in [-0.2, 0) is 14.4 Å². The molecule has 1 rings (SSSR count). The van der Waals surface area contributed by atoms with E-state index in [0.29, 0.717) is 13.1 Å². The number of hydrogen-bond acceptors (Lipinski definition) is 4. The van der Waals surface area contributed by atoms with E-state index < -0.39 is 12.0 Å². The molecule has 1 heterocycles. The van der Waals surface area contributed by atoms with Crippen LogP contribution in [0.1, 0.15) is 26.7 Å². The predicted molar refractivity (Wildman–Crippen MR) is 73.2 cm³/mol. The number of carbonyl (C=O) groups is 3. The van der Waals surface area contributed by atoms with Gasteiger partial charge in [-0.2, -0.15) is 0 Å². The van der Waals surface area contributed by atoms with Crippen LogP contribution in [0.15, 0.2) is 0 Å². The van der Waals surface area contributed by atoms with Crippen molar-refractivity contribution in [2.75, 3.05) is 32.7 Å². The van der Waals surface area contributed by atoms with Crippen molar-refractivity contribution in [3.05, 3.63) is 0 Å². The molecule has 0 spiro atoms. The summed E-state index contributed by atoms with van der Waals surface area (Å²) in [7, 11) is 0. The zero-order valence-electron chi connectivity index (χ0n) is 12.1. The van der Waals surface area contributed by atoms with Gasteiger partial charge in [0.15, 0.2) is 0 Å². The summed E-state index contributed by atoms with van der Waals surface area (Å²) >= 11 is 0. The molecule has 114 valence electrons. The van der Waals surface area contributed by atoms with Crippen LogP contribution >= 0.6 is 0 Å². The molecule has 2 amide bonds. The van der Waals surface area contributed by atoms with Crippen LogP contribution in [0, 0.1) is 0 Å². The second-order valence-electron chi connectivity index (χ2n) is 4.94. The van der Waals surface area contributed by atoms with E-state index in [1.54, 1.807) is 4.90 Å². The molecule has 7 heteroatoms. The van der Waals surface area contributed by atoms with Gasteiger partial charge in [-0.3, -0.25) is 19.3 Å². The first-order valence-electron chi connectivity index (χ1n) is 7.00. The molecule has 7 nitrogen and oxygen atoms in total. The Morgan fingerprint density at radius 2 is 1.95 bits per heavy atom. The average molecular weight is 285 g/mol. The standard InChI is InChI=1S/C13H23N3O4/c1-3-5-15(6-4-2)12(18)9-16-8-11(17)14-7-10(16)13(19)20/h10H,3-9H2,1-2H3,(H,14,17)(H,19,20). The molecule has 0 saturated carbocycles. The Balaban J connectivity index is 2.68. The molecule has 1 aliphatic heterocycles. The average Bonchev–Trinajstić information content (AvgIpc) is 2.38. The Kier molecular flexibility index (Phi) is 6.44. The number of hydrogen-bond donors (Lipinski definition) is 2. The Morgan fingerprint density at radius 3 is 2.45 bits per heavy atom. The van der Waals surface area contributed by atoms with E-state index in [9.17, 15) is 14.4 Å². The zero-order chi connectivity index (χ0) is 15.1. The molecule has 1 atom stereocenters. The lowest BCUT2D eigenvalue weighted by molar-refractivity contribution is -0.147. The second-order valence-corrected chi connectivity index (χ2v) is 4.94. The number of aliphatic carboxylic acids is 1. The first-order valence-corrected chi connectivity index (χ1v) is 7.00. The quantitative estimate of drug-likeness (QED) is 0.659. The first kappa shape index (κ1) is 16.4. The lowest BCUT2D eigenvalue weighted by atomic mass is 10.2. The van der Waals surface area contributed by atoms with Gasteiger partial charge in [0.25, 0.3) is 0 Å². The number of carbonyl (C=O) groups excluding carboxylic acids is 2. The maximum absolute atomic E-state index is 12.2. The Bertz CT molecular complexity index is 367. The number of nitrogens with one attached hydrogen (secondary N) is 1. The maximum atomic E-state index is 12.2. The number of carboxylic acids is 1. The van der Waals surface area contributed by atoms with Crippen molar-refractivity contribution in [3.63, 3.8) is 0 Å². The smallest absolute Gasteiger partial charge is 0.322 e. The van der Waals surface area contributed by atoms with Gasteiger partial charge < -0.3 is 15.3 Å². The molecule has 0 radical (unpaired) electrons. The van der Waals surface area contributed by atoms with Crippen LogP contribution in [0.5, 0.6) is 0 Å². The predicted octanol–water partition coefficient (Wildman–Crippen LogP) is -0.480. The largest absolute Gasteiger partial charge is 0.480 e. The Hall–Kier alpha value is -1.63. The fourth-order valence-corrected chi connectivity index (χ4v) is 2.27. The van der Waals surface area contributed by atoms with Gasteiger partial charge in [0, 0.05) is 19.6 Å². The van der Waals surface area contributed by atoms with Crippen LogP contribution in [0.4, 0.5) is 0 Å². The lowest BCUT2D eigenvalue weighted by Gasteiger charge is -2.33. The van der Waals surface area contributed by atoms with E-state index in [2.05, 4.69) is 5.32 Å². The number of amides is 2. The highest BCUT2D eigenvalue weighted by molar-refractivity contribution is 5.85. The third-order valence-corrected chi connectivity index (χ3v) is 3.24. The minimum atomic E-state index is -1.02. The van der Waals surface area contributed by atoms with Crippen molar-refractivity contribution < 1.29 is 19.5 Å². The zero-order valence-corrected chi connectivity index (χ0v) is 12.1. The fourth-order valence-electron chi connectivity index (χ4n) is 2.27. The van der Waals surface area contributed by atoms with E-state index in [-0.39, 0.29) is 31.4 Å². The highest BCUT2D eigenvalue weighted by atomic mass is 16.4. The summed E-state index contributed by atoms with van der Waals surface area (Å²) in [5.41, 5.74) is 0. The molecule has 20 heavy (non-hydrogen) atoms. The van der Waals surface area contributed by atoms with Crippen molar-refractivity contribution in [1.29, 1.82) is 0 Å². The van der Waals surface area contributed by atoms with E-state index in [1.807, 2.05) is 13.8 Å². The van der Waals surface area contributed by atoms with Crippen molar-refractivity contribution in [2.24, 2.45) is 0 Å². The molecule has 0 aromatic rings. The summed E-state index contributed by atoms with van der Waals surface area (Å²) in [5, 5.41) is 11.6. The van der Waals surface area contributed by atoms with Gasteiger partial charge in [-0.05, 0) is 12.8 Å². The summed E-state index contributed by atoms with van der Waals surface area (Å²) in [6.07, 6.45) is 1.71. The van der Waals surface area contributed by atoms with Gasteiger partial charge in [-0.15, -0.1) is 0 Å². The third-order valence-electron chi connectivity index (χ3n) is 3.24. The third kappa shape index (κ3) is 4.48. The van der Waals surface area contributed by atoms with Gasteiger partial charge in [0.2, 0.25) is 11.8 Å². The molecular formula is C13H23N3O4. The first-order chi connectivity index (χ1) is 9.49. The summed E-state index contributed by atoms with van der Waals surface area (Å²) in [4.78, 5) is 37.9. The summed E-state index contributed by atoms with van der Waals surface area (Å²) in [6.45, 7) is 5.27. The monoisotopic (exact) mass is 285 g/mol. The highest BCUT2D eigenvalue weighted by Gasteiger charge is 2.33. The maximum Gasteiger partial charge on any atom is 0.322 e. The number of nitrogens with zero attached hydrogens (tertiary/aromatic N) is 2. The molecule has 1 unspecified atom stereocenters. The van der Waals surface area contributed by atoms with Gasteiger partial charge in [0.05, 0.1) is 13.1 Å². The molecule has 0 aromatic heterocycles. The Labute approximate surface area is 118 Å². The summed E-state index contributed by atoms with van der Waals surface area (Å²) in [5.74, 6) is -1.38. The molecule has 2 N–H and O–H groups in total. The second kappa shape index (κ2) is 7.84. The van der Waals surface area contributed by atoms with Gasteiger partial charge in [-0.1, -0.05) is 13.8 Å². The Morgan fingerprint density at radius 1 is 1.35 bits per heavy atom. The number of rotatable bonds is 7. The van der Waals surface area contributed by atoms with Gasteiger partial charge in [-0.25, -0.2) is 0 Å². The van der Waals surface area contributed by atoms with Crippen molar-refractivity contribution >= 4 is 17.8 Å². The lowest BCUT2D eigenvalue weighted by Crippen LogP contribution is -2.59. The topological polar surface area (TPSA) is 90.0 Å². The van der Waals surface area contributed by atoms with E-state index in [1.165, 1.54) is 4.90 Å². The van der Waals surface area contributed by atoms with E-state index >= 15 is 0 Å². The van der Waals surface area contributed by atoms with Crippen LogP contribution in [-0.4, -0.2) is 71.5 Å². The van der Waals surface area contributed by atoms with E-state index in [0.717, 1.165) is 12.8 Å². The summed E-state index contributed by atoms with van der Waals surface area (Å²) < 4.78 is 0. The molecule has 0 bridgehead atoms. The van der Waals surface area contributed by atoms with Gasteiger partial charge in [0.1, 0.15) is 6.04 Å².